The number of anilines is 1. The van der Waals surface area contributed by atoms with Gasteiger partial charge < -0.3 is 10.2 Å². The van der Waals surface area contributed by atoms with Gasteiger partial charge in [-0.2, -0.15) is 0 Å². The maximum absolute atomic E-state index is 13.3. The minimum absolute atomic E-state index is 0.0583. The Kier molecular flexibility index (Phi) is 5.16. The van der Waals surface area contributed by atoms with Crippen molar-refractivity contribution in [3.8, 4) is 10.8 Å². The Bertz CT molecular complexity index is 1380. The van der Waals surface area contributed by atoms with E-state index in [0.29, 0.717) is 47.7 Å². The molecule has 1 saturated carbocycles. The molecule has 0 aromatic carbocycles. The highest BCUT2D eigenvalue weighted by Gasteiger charge is 2.42. The van der Waals surface area contributed by atoms with Gasteiger partial charge in [-0.3, -0.25) is 4.40 Å². The molecule has 3 aromatic rings. The van der Waals surface area contributed by atoms with Crippen LogP contribution in [-0.2, 0) is 10.0 Å². The first-order valence-corrected chi connectivity index (χ1v) is 13.7. The molecule has 2 bridgehead atoms. The fraction of sp³-hybridized carbons (Fsp3) is 0.550. The number of rotatable bonds is 6. The first-order valence-electron chi connectivity index (χ1n) is 11.0. The molecule has 14 heteroatoms. The van der Waals surface area contributed by atoms with Crippen LogP contribution in [0.5, 0.6) is 0 Å². The highest BCUT2D eigenvalue weighted by atomic mass is 35.5. The molecule has 5 heterocycles. The van der Waals surface area contributed by atoms with Crippen LogP contribution in [-0.4, -0.2) is 58.7 Å². The van der Waals surface area contributed by atoms with Gasteiger partial charge in [-0.25, -0.2) is 26.9 Å². The van der Waals surface area contributed by atoms with Crippen LogP contribution in [0.2, 0.25) is 5.15 Å². The normalized spacial score (nSPS) is 23.9. The molecule has 3 fully saturated rings. The van der Waals surface area contributed by atoms with Crippen LogP contribution in [0, 0.1) is 0 Å². The van der Waals surface area contributed by atoms with Gasteiger partial charge in [-0.05, 0) is 38.7 Å². The SMILES string of the molecule is CC1(NS(=O)(=O)c2cc(N3C[C@H]4CC[C@@H](C3)N4)c3c(Cl)nc(-c4nnc(C(F)F)s4)n3c2)CC1. The lowest BCUT2D eigenvalue weighted by Gasteiger charge is -2.35. The van der Waals surface area contributed by atoms with Crippen molar-refractivity contribution in [2.24, 2.45) is 0 Å². The Balaban J connectivity index is 1.53. The fourth-order valence-electron chi connectivity index (χ4n) is 4.75. The molecule has 2 atom stereocenters. The average molecular weight is 530 g/mol. The number of pyridine rings is 1. The van der Waals surface area contributed by atoms with Gasteiger partial charge in [0.1, 0.15) is 10.4 Å². The van der Waals surface area contributed by atoms with Gasteiger partial charge >= 0.3 is 0 Å². The smallest absolute Gasteiger partial charge is 0.291 e. The van der Waals surface area contributed by atoms with Gasteiger partial charge in [0, 0.05) is 36.9 Å². The number of halogens is 3. The summed E-state index contributed by atoms with van der Waals surface area (Å²) in [4.78, 5) is 6.58. The lowest BCUT2D eigenvalue weighted by molar-refractivity contribution is 0.150. The third-order valence-corrected chi connectivity index (χ3v) is 9.51. The summed E-state index contributed by atoms with van der Waals surface area (Å²) in [7, 11) is -3.85. The molecule has 3 aromatic heterocycles. The molecule has 2 N–H and O–H groups in total. The average Bonchev–Trinajstić information content (AvgIpc) is 3.12. The third-order valence-electron chi connectivity index (χ3n) is 6.71. The van der Waals surface area contributed by atoms with Crippen LogP contribution < -0.4 is 14.9 Å². The molecule has 0 unspecified atom stereocenters. The first kappa shape index (κ1) is 22.5. The number of nitrogens with one attached hydrogen (secondary N) is 2. The highest BCUT2D eigenvalue weighted by Crippen LogP contribution is 2.40. The number of hydrogen-bond acceptors (Lipinski definition) is 8. The minimum atomic E-state index is -3.85. The molecule has 2 saturated heterocycles. The van der Waals surface area contributed by atoms with Crippen molar-refractivity contribution in [2.45, 2.75) is 61.6 Å². The number of nitrogens with zero attached hydrogens (tertiary/aromatic N) is 5. The lowest BCUT2D eigenvalue weighted by Crippen LogP contribution is -2.51. The van der Waals surface area contributed by atoms with Crippen molar-refractivity contribution >= 4 is 44.2 Å². The molecular weight excluding hydrogens is 508 g/mol. The predicted octanol–water partition coefficient (Wildman–Crippen LogP) is 3.22. The van der Waals surface area contributed by atoms with Gasteiger partial charge in [0.2, 0.25) is 10.0 Å². The van der Waals surface area contributed by atoms with Crippen LogP contribution in [0.15, 0.2) is 17.2 Å². The van der Waals surface area contributed by atoms with E-state index in [9.17, 15) is 17.2 Å². The van der Waals surface area contributed by atoms with Crippen molar-refractivity contribution in [3.63, 3.8) is 0 Å². The number of sulfonamides is 1. The van der Waals surface area contributed by atoms with Gasteiger partial charge in [-0.1, -0.05) is 22.9 Å². The molecule has 0 spiro atoms. The van der Waals surface area contributed by atoms with Crippen molar-refractivity contribution in [3.05, 3.63) is 22.4 Å². The summed E-state index contributed by atoms with van der Waals surface area (Å²) in [6.07, 6.45) is 2.31. The molecule has 1 aliphatic carbocycles. The highest BCUT2D eigenvalue weighted by molar-refractivity contribution is 7.89. The summed E-state index contributed by atoms with van der Waals surface area (Å²) in [6.45, 7) is 3.27. The predicted molar refractivity (Wildman–Crippen MR) is 124 cm³/mol. The van der Waals surface area contributed by atoms with E-state index in [2.05, 4.69) is 30.1 Å². The molecular formula is C20H22ClF2N7O2S2. The number of alkyl halides is 2. The van der Waals surface area contributed by atoms with E-state index in [4.69, 9.17) is 11.6 Å². The van der Waals surface area contributed by atoms with E-state index < -0.39 is 27.0 Å². The van der Waals surface area contributed by atoms with Crippen LogP contribution in [0.4, 0.5) is 14.5 Å². The van der Waals surface area contributed by atoms with E-state index >= 15 is 0 Å². The number of piperazine rings is 1. The number of fused-ring (bicyclic) bond motifs is 3. The Morgan fingerprint density at radius 3 is 2.59 bits per heavy atom. The lowest BCUT2D eigenvalue weighted by atomic mass is 10.2. The molecule has 34 heavy (non-hydrogen) atoms. The second kappa shape index (κ2) is 7.79. The van der Waals surface area contributed by atoms with Crippen molar-refractivity contribution in [1.82, 2.24) is 29.6 Å². The van der Waals surface area contributed by atoms with Crippen molar-refractivity contribution in [1.29, 1.82) is 0 Å². The maximum Gasteiger partial charge on any atom is 0.291 e. The molecule has 3 aliphatic rings. The topological polar surface area (TPSA) is 105 Å². The fourth-order valence-corrected chi connectivity index (χ4v) is 7.18. The zero-order chi connectivity index (χ0) is 23.8. The summed E-state index contributed by atoms with van der Waals surface area (Å²) in [5, 5.41) is 10.8. The number of aromatic nitrogens is 4. The van der Waals surface area contributed by atoms with E-state index in [-0.39, 0.29) is 20.9 Å². The van der Waals surface area contributed by atoms with Gasteiger partial charge in [0.05, 0.1) is 5.69 Å². The van der Waals surface area contributed by atoms with E-state index in [1.54, 1.807) is 10.5 Å². The summed E-state index contributed by atoms with van der Waals surface area (Å²) < 4.78 is 57.2. The van der Waals surface area contributed by atoms with Crippen LogP contribution in [0.25, 0.3) is 16.3 Å². The zero-order valence-electron chi connectivity index (χ0n) is 18.1. The summed E-state index contributed by atoms with van der Waals surface area (Å²) in [5.74, 6) is 0.179. The third kappa shape index (κ3) is 3.87. The maximum atomic E-state index is 13.3. The van der Waals surface area contributed by atoms with E-state index in [1.807, 2.05) is 6.92 Å². The minimum Gasteiger partial charge on any atom is -0.367 e. The summed E-state index contributed by atoms with van der Waals surface area (Å²) >= 11 is 7.27. The largest absolute Gasteiger partial charge is 0.367 e. The molecule has 182 valence electrons. The number of hydrogen-bond donors (Lipinski definition) is 2. The van der Waals surface area contributed by atoms with Crippen LogP contribution >= 0.6 is 22.9 Å². The van der Waals surface area contributed by atoms with Gasteiger partial charge in [0.15, 0.2) is 21.0 Å². The Hall–Kier alpha value is -1.93. The summed E-state index contributed by atoms with van der Waals surface area (Å²) in [6, 6.07) is 2.25. The molecule has 9 nitrogen and oxygen atoms in total. The standard InChI is InChI=1S/C20H22ClF2N7O2S2/c1-20(4-5-20)28-34(31,32)12-6-13(29-7-10-2-3-11(8-29)24-10)14-15(21)25-17(30(14)9-12)19-27-26-18(33-19)16(22)23/h6,9-11,16,24,28H,2-5,7-8H2,1H3/t10-,11+. The quantitative estimate of drug-likeness (QED) is 0.505. The number of imidazole rings is 1. The molecule has 0 amide bonds. The Morgan fingerprint density at radius 1 is 1.26 bits per heavy atom. The van der Waals surface area contributed by atoms with Crippen molar-refractivity contribution in [2.75, 3.05) is 18.0 Å². The first-order chi connectivity index (χ1) is 16.1. The Morgan fingerprint density at radius 2 is 1.97 bits per heavy atom. The Labute approximate surface area is 203 Å². The van der Waals surface area contributed by atoms with Crippen LogP contribution in [0.3, 0.4) is 0 Å². The second-order valence-electron chi connectivity index (χ2n) is 9.46. The van der Waals surface area contributed by atoms with Crippen LogP contribution in [0.1, 0.15) is 44.0 Å². The monoisotopic (exact) mass is 529 g/mol. The summed E-state index contributed by atoms with van der Waals surface area (Å²) in [5.41, 5.74) is 0.705. The van der Waals surface area contributed by atoms with Gasteiger partial charge in [-0.15, -0.1) is 10.2 Å². The van der Waals surface area contributed by atoms with E-state index in [1.165, 1.54) is 6.20 Å². The van der Waals surface area contributed by atoms with Crippen molar-refractivity contribution < 1.29 is 17.2 Å². The second-order valence-corrected chi connectivity index (χ2v) is 12.5. The van der Waals surface area contributed by atoms with Gasteiger partial charge in [0.25, 0.3) is 6.43 Å². The molecule has 6 rings (SSSR count). The molecule has 0 radical (unpaired) electrons. The van der Waals surface area contributed by atoms with E-state index in [0.717, 1.165) is 25.7 Å². The molecule has 2 aliphatic heterocycles. The zero-order valence-corrected chi connectivity index (χ0v) is 20.5.